The van der Waals surface area contributed by atoms with Crippen molar-refractivity contribution < 1.29 is 14.3 Å². The summed E-state index contributed by atoms with van der Waals surface area (Å²) >= 11 is 0. The van der Waals surface area contributed by atoms with Crippen molar-refractivity contribution in [2.75, 3.05) is 7.11 Å². The number of imide groups is 1. The number of methoxy groups -OCH3 is 1. The summed E-state index contributed by atoms with van der Waals surface area (Å²) in [6, 6.07) is 5.82. The second kappa shape index (κ2) is 5.04. The van der Waals surface area contributed by atoms with Gasteiger partial charge in [0, 0.05) is 17.7 Å². The molecule has 0 radical (unpaired) electrons. The zero-order chi connectivity index (χ0) is 13.1. The topological polar surface area (TPSA) is 46.6 Å². The SMILES string of the molecule is CCc1ccc(OC)c(CN2C(=O)C=CC2=O)c1. The zero-order valence-corrected chi connectivity index (χ0v) is 10.5. The minimum absolute atomic E-state index is 0.252. The third-order valence-electron chi connectivity index (χ3n) is 2.98. The van der Waals surface area contributed by atoms with Crippen molar-refractivity contribution in [1.82, 2.24) is 4.90 Å². The summed E-state index contributed by atoms with van der Waals surface area (Å²) in [4.78, 5) is 24.2. The van der Waals surface area contributed by atoms with E-state index in [4.69, 9.17) is 4.74 Å². The van der Waals surface area contributed by atoms with Crippen LogP contribution in [0.3, 0.4) is 0 Å². The smallest absolute Gasteiger partial charge is 0.253 e. The summed E-state index contributed by atoms with van der Waals surface area (Å²) in [6.07, 6.45) is 3.48. The molecule has 1 heterocycles. The maximum absolute atomic E-state index is 11.5. The molecule has 94 valence electrons. The minimum atomic E-state index is -0.274. The van der Waals surface area contributed by atoms with Gasteiger partial charge in [0.25, 0.3) is 11.8 Å². The van der Waals surface area contributed by atoms with Crippen LogP contribution in [0, 0.1) is 0 Å². The maximum atomic E-state index is 11.5. The highest BCUT2D eigenvalue weighted by atomic mass is 16.5. The Labute approximate surface area is 106 Å². The van der Waals surface area contributed by atoms with Gasteiger partial charge in [0.1, 0.15) is 5.75 Å². The van der Waals surface area contributed by atoms with E-state index in [0.29, 0.717) is 5.75 Å². The van der Waals surface area contributed by atoms with Crippen molar-refractivity contribution in [3.63, 3.8) is 0 Å². The van der Waals surface area contributed by atoms with Gasteiger partial charge in [-0.15, -0.1) is 0 Å². The number of ether oxygens (including phenoxy) is 1. The van der Waals surface area contributed by atoms with Crippen molar-refractivity contribution in [3.05, 3.63) is 41.5 Å². The third-order valence-corrected chi connectivity index (χ3v) is 2.98. The van der Waals surface area contributed by atoms with Crippen LogP contribution in [0.15, 0.2) is 30.4 Å². The molecule has 2 rings (SSSR count). The third kappa shape index (κ3) is 2.27. The van der Waals surface area contributed by atoms with Gasteiger partial charge in [0.2, 0.25) is 0 Å². The van der Waals surface area contributed by atoms with Crippen molar-refractivity contribution in [2.45, 2.75) is 19.9 Å². The van der Waals surface area contributed by atoms with Crippen molar-refractivity contribution >= 4 is 11.8 Å². The van der Waals surface area contributed by atoms with E-state index >= 15 is 0 Å². The predicted molar refractivity (Wildman–Crippen MR) is 67.1 cm³/mol. The Balaban J connectivity index is 2.27. The summed E-state index contributed by atoms with van der Waals surface area (Å²) in [5.74, 6) is 0.146. The number of hydrogen-bond acceptors (Lipinski definition) is 3. The normalized spacial score (nSPS) is 14.4. The largest absolute Gasteiger partial charge is 0.496 e. The molecule has 0 fully saturated rings. The molecule has 0 spiro atoms. The lowest BCUT2D eigenvalue weighted by molar-refractivity contribution is -0.137. The van der Waals surface area contributed by atoms with Crippen molar-refractivity contribution in [2.24, 2.45) is 0 Å². The molecule has 4 heteroatoms. The van der Waals surface area contributed by atoms with E-state index in [0.717, 1.165) is 17.5 Å². The average Bonchev–Trinajstić information content (AvgIpc) is 2.70. The molecule has 4 nitrogen and oxygen atoms in total. The second-order valence-electron chi connectivity index (χ2n) is 4.10. The molecule has 1 aliphatic rings. The number of carbonyl (C=O) groups excluding carboxylic acids is 2. The van der Waals surface area contributed by atoms with Gasteiger partial charge in [-0.3, -0.25) is 14.5 Å². The summed E-state index contributed by atoms with van der Waals surface area (Å²) in [5.41, 5.74) is 2.00. The molecule has 0 aliphatic carbocycles. The molecule has 0 saturated heterocycles. The van der Waals surface area contributed by atoms with E-state index in [1.165, 1.54) is 17.1 Å². The van der Waals surface area contributed by atoms with E-state index in [2.05, 4.69) is 6.92 Å². The fraction of sp³-hybridized carbons (Fsp3) is 0.286. The fourth-order valence-electron chi connectivity index (χ4n) is 1.93. The molecule has 2 amide bonds. The lowest BCUT2D eigenvalue weighted by Crippen LogP contribution is -2.29. The molecular weight excluding hydrogens is 230 g/mol. The van der Waals surface area contributed by atoms with Gasteiger partial charge in [0.15, 0.2) is 0 Å². The van der Waals surface area contributed by atoms with Crippen LogP contribution in [-0.4, -0.2) is 23.8 Å². The highest BCUT2D eigenvalue weighted by Gasteiger charge is 2.24. The van der Waals surface area contributed by atoms with E-state index in [-0.39, 0.29) is 18.4 Å². The number of benzene rings is 1. The maximum Gasteiger partial charge on any atom is 0.253 e. The average molecular weight is 245 g/mol. The zero-order valence-electron chi connectivity index (χ0n) is 10.5. The van der Waals surface area contributed by atoms with Crippen molar-refractivity contribution in [3.8, 4) is 5.75 Å². The van der Waals surface area contributed by atoms with Crippen LogP contribution in [0.25, 0.3) is 0 Å². The highest BCUT2D eigenvalue weighted by Crippen LogP contribution is 2.23. The molecule has 0 atom stereocenters. The lowest BCUT2D eigenvalue weighted by atomic mass is 10.1. The van der Waals surface area contributed by atoms with Crippen LogP contribution < -0.4 is 4.74 Å². The molecule has 0 unspecified atom stereocenters. The van der Waals surface area contributed by atoms with Gasteiger partial charge in [-0.1, -0.05) is 19.1 Å². The van der Waals surface area contributed by atoms with E-state index in [1.807, 2.05) is 18.2 Å². The molecule has 0 saturated carbocycles. The predicted octanol–water partition coefficient (Wildman–Crippen LogP) is 1.68. The van der Waals surface area contributed by atoms with E-state index < -0.39 is 0 Å². The van der Waals surface area contributed by atoms with Crippen LogP contribution in [-0.2, 0) is 22.6 Å². The van der Waals surface area contributed by atoms with Crippen LogP contribution in [0.5, 0.6) is 5.75 Å². The van der Waals surface area contributed by atoms with Gasteiger partial charge in [0.05, 0.1) is 13.7 Å². The molecule has 0 bridgehead atoms. The fourth-order valence-corrected chi connectivity index (χ4v) is 1.93. The molecule has 18 heavy (non-hydrogen) atoms. The standard InChI is InChI=1S/C14H15NO3/c1-3-10-4-5-12(18-2)11(8-10)9-15-13(16)6-7-14(15)17/h4-8H,3,9H2,1-2H3. The molecule has 0 aromatic heterocycles. The Kier molecular flexibility index (Phi) is 3.46. The number of rotatable bonds is 4. The molecular formula is C14H15NO3. The Hall–Kier alpha value is -2.10. The Morgan fingerprint density at radius 2 is 1.83 bits per heavy atom. The lowest BCUT2D eigenvalue weighted by Gasteiger charge is -2.16. The van der Waals surface area contributed by atoms with Gasteiger partial charge in [-0.2, -0.15) is 0 Å². The second-order valence-corrected chi connectivity index (χ2v) is 4.10. The Bertz CT molecular complexity index is 502. The quantitative estimate of drug-likeness (QED) is 0.758. The monoisotopic (exact) mass is 245 g/mol. The van der Waals surface area contributed by atoms with Gasteiger partial charge < -0.3 is 4.74 Å². The summed E-state index contributed by atoms with van der Waals surface area (Å²) in [5, 5.41) is 0. The molecule has 1 aromatic rings. The van der Waals surface area contributed by atoms with Gasteiger partial charge >= 0.3 is 0 Å². The van der Waals surface area contributed by atoms with Crippen LogP contribution in [0.2, 0.25) is 0 Å². The van der Waals surface area contributed by atoms with E-state index in [1.54, 1.807) is 7.11 Å². The van der Waals surface area contributed by atoms with Gasteiger partial charge in [-0.05, 0) is 18.1 Å². The molecule has 1 aromatic carbocycles. The summed E-state index contributed by atoms with van der Waals surface area (Å²) < 4.78 is 5.26. The first-order valence-electron chi connectivity index (χ1n) is 5.85. The first kappa shape index (κ1) is 12.4. The number of aryl methyl sites for hydroxylation is 1. The number of nitrogens with zero attached hydrogens (tertiary/aromatic N) is 1. The first-order chi connectivity index (χ1) is 8.65. The number of carbonyl (C=O) groups is 2. The van der Waals surface area contributed by atoms with Crippen LogP contribution in [0.1, 0.15) is 18.1 Å². The summed E-state index contributed by atoms with van der Waals surface area (Å²) in [6.45, 7) is 2.31. The summed E-state index contributed by atoms with van der Waals surface area (Å²) in [7, 11) is 1.58. The first-order valence-corrected chi connectivity index (χ1v) is 5.85. The van der Waals surface area contributed by atoms with Crippen LogP contribution in [0.4, 0.5) is 0 Å². The van der Waals surface area contributed by atoms with Crippen molar-refractivity contribution in [1.29, 1.82) is 0 Å². The minimum Gasteiger partial charge on any atom is -0.496 e. The number of hydrogen-bond donors (Lipinski definition) is 0. The number of amides is 2. The molecule has 1 aliphatic heterocycles. The van der Waals surface area contributed by atoms with E-state index in [9.17, 15) is 9.59 Å². The van der Waals surface area contributed by atoms with Gasteiger partial charge in [-0.25, -0.2) is 0 Å². The highest BCUT2D eigenvalue weighted by molar-refractivity contribution is 6.12. The Morgan fingerprint density at radius 1 is 1.17 bits per heavy atom. The Morgan fingerprint density at radius 3 is 2.39 bits per heavy atom. The molecule has 0 N–H and O–H groups in total. The van der Waals surface area contributed by atoms with Crippen LogP contribution >= 0.6 is 0 Å².